The highest BCUT2D eigenvalue weighted by Crippen LogP contribution is 2.18. The fourth-order valence-corrected chi connectivity index (χ4v) is 2.42. The van der Waals surface area contributed by atoms with Crippen molar-refractivity contribution in [3.8, 4) is 5.88 Å². The summed E-state index contributed by atoms with van der Waals surface area (Å²) in [6.07, 6.45) is 2.70. The highest BCUT2D eigenvalue weighted by atomic mass is 16.5. The van der Waals surface area contributed by atoms with E-state index >= 15 is 0 Å². The highest BCUT2D eigenvalue weighted by Gasteiger charge is 2.28. The third kappa shape index (κ3) is 4.17. The maximum absolute atomic E-state index is 12.6. The molecule has 0 atom stereocenters. The molecule has 1 N–H and O–H groups in total. The van der Waals surface area contributed by atoms with Crippen LogP contribution in [0.5, 0.6) is 5.88 Å². The molecular weight excluding hydrogens is 288 g/mol. The fraction of sp³-hybridized carbons (Fsp3) is 0.533. The van der Waals surface area contributed by atoms with Crippen LogP contribution in [0.4, 0.5) is 0 Å². The Balaban J connectivity index is 2.14. The van der Waals surface area contributed by atoms with Crippen LogP contribution in [-0.2, 0) is 9.53 Å². The number of amides is 1. The Labute approximate surface area is 128 Å². The number of hydrogen-bond donors (Lipinski definition) is 1. The van der Waals surface area contributed by atoms with Crippen molar-refractivity contribution < 1.29 is 24.2 Å². The minimum Gasteiger partial charge on any atom is -0.480 e. The largest absolute Gasteiger partial charge is 0.480 e. The van der Waals surface area contributed by atoms with Gasteiger partial charge < -0.3 is 19.5 Å². The van der Waals surface area contributed by atoms with Crippen molar-refractivity contribution in [3.05, 3.63) is 23.9 Å². The first-order chi connectivity index (χ1) is 10.6. The molecule has 1 saturated heterocycles. The van der Waals surface area contributed by atoms with Crippen molar-refractivity contribution in [2.24, 2.45) is 0 Å². The van der Waals surface area contributed by atoms with E-state index in [2.05, 4.69) is 4.98 Å². The molecule has 0 bridgehead atoms. The van der Waals surface area contributed by atoms with Crippen molar-refractivity contribution in [2.45, 2.75) is 25.8 Å². The number of carbonyl (C=O) groups excluding carboxylic acids is 1. The first kappa shape index (κ1) is 16.2. The lowest BCUT2D eigenvalue weighted by atomic mass is 10.1. The lowest BCUT2D eigenvalue weighted by Gasteiger charge is -2.33. The number of nitrogens with zero attached hydrogens (tertiary/aromatic N) is 2. The van der Waals surface area contributed by atoms with Gasteiger partial charge in [-0.2, -0.15) is 0 Å². The average molecular weight is 308 g/mol. The van der Waals surface area contributed by atoms with Crippen molar-refractivity contribution in [1.82, 2.24) is 9.88 Å². The Kier molecular flexibility index (Phi) is 5.71. The van der Waals surface area contributed by atoms with Gasteiger partial charge in [-0.05, 0) is 25.8 Å². The molecule has 120 valence electrons. The smallest absolute Gasteiger partial charge is 0.323 e. The summed E-state index contributed by atoms with van der Waals surface area (Å²) in [7, 11) is 0. The van der Waals surface area contributed by atoms with E-state index < -0.39 is 5.97 Å². The van der Waals surface area contributed by atoms with E-state index in [1.54, 1.807) is 12.1 Å². The monoisotopic (exact) mass is 308 g/mol. The lowest BCUT2D eigenvalue weighted by molar-refractivity contribution is -0.138. The van der Waals surface area contributed by atoms with E-state index in [1.807, 2.05) is 6.92 Å². The van der Waals surface area contributed by atoms with Gasteiger partial charge in [0.25, 0.3) is 5.91 Å². The van der Waals surface area contributed by atoms with Gasteiger partial charge in [0.15, 0.2) is 0 Å². The first-order valence-electron chi connectivity index (χ1n) is 7.31. The maximum atomic E-state index is 12.6. The first-order valence-corrected chi connectivity index (χ1v) is 7.31. The zero-order valence-corrected chi connectivity index (χ0v) is 12.5. The topological polar surface area (TPSA) is 89.0 Å². The molecule has 7 nitrogen and oxygen atoms in total. The number of carbonyl (C=O) groups is 2. The van der Waals surface area contributed by atoms with Crippen LogP contribution in [-0.4, -0.2) is 59.3 Å². The van der Waals surface area contributed by atoms with Crippen molar-refractivity contribution >= 4 is 11.9 Å². The second-order valence-electron chi connectivity index (χ2n) is 4.99. The summed E-state index contributed by atoms with van der Waals surface area (Å²) in [5.41, 5.74) is 0.358. The van der Waals surface area contributed by atoms with Gasteiger partial charge in [-0.1, -0.05) is 0 Å². The van der Waals surface area contributed by atoms with E-state index in [4.69, 9.17) is 14.6 Å². The van der Waals surface area contributed by atoms with Crippen molar-refractivity contribution in [1.29, 1.82) is 0 Å². The van der Waals surface area contributed by atoms with Crippen LogP contribution >= 0.6 is 0 Å². The van der Waals surface area contributed by atoms with Crippen LogP contribution in [0.1, 0.15) is 30.1 Å². The summed E-state index contributed by atoms with van der Waals surface area (Å²) in [6.45, 7) is 3.09. The van der Waals surface area contributed by atoms with Gasteiger partial charge >= 0.3 is 5.97 Å². The van der Waals surface area contributed by atoms with E-state index in [-0.39, 0.29) is 18.5 Å². The number of aromatic nitrogens is 1. The molecule has 0 aromatic carbocycles. The number of carboxylic acids is 1. The molecule has 2 rings (SSSR count). The van der Waals surface area contributed by atoms with Gasteiger partial charge in [0, 0.05) is 31.5 Å². The van der Waals surface area contributed by atoms with Gasteiger partial charge in [0.1, 0.15) is 6.54 Å². The average Bonchev–Trinajstić information content (AvgIpc) is 2.54. The Bertz CT molecular complexity index is 511. The van der Waals surface area contributed by atoms with Gasteiger partial charge in [-0.25, -0.2) is 4.98 Å². The minimum atomic E-state index is -1.03. The number of pyridine rings is 1. The van der Waals surface area contributed by atoms with Gasteiger partial charge in [-0.15, -0.1) is 0 Å². The van der Waals surface area contributed by atoms with E-state index in [9.17, 15) is 9.59 Å². The molecule has 0 aliphatic carbocycles. The Morgan fingerprint density at radius 2 is 2.14 bits per heavy atom. The third-order valence-corrected chi connectivity index (χ3v) is 3.47. The normalized spacial score (nSPS) is 15.3. The van der Waals surface area contributed by atoms with Crippen LogP contribution in [0, 0.1) is 0 Å². The highest BCUT2D eigenvalue weighted by molar-refractivity contribution is 5.95. The molecule has 1 aromatic rings. The number of hydrogen-bond acceptors (Lipinski definition) is 5. The molecule has 1 aromatic heterocycles. The number of ether oxygens (including phenoxy) is 2. The summed E-state index contributed by atoms with van der Waals surface area (Å²) in [5.74, 6) is -0.918. The summed E-state index contributed by atoms with van der Waals surface area (Å²) < 4.78 is 10.5. The van der Waals surface area contributed by atoms with E-state index in [0.717, 1.165) is 0 Å². The predicted octanol–water partition coefficient (Wildman–Crippen LogP) is 1.19. The Morgan fingerprint density at radius 1 is 1.41 bits per heavy atom. The number of aliphatic carboxylic acids is 1. The molecule has 2 heterocycles. The molecule has 1 aliphatic heterocycles. The van der Waals surface area contributed by atoms with Crippen molar-refractivity contribution in [3.63, 3.8) is 0 Å². The zero-order chi connectivity index (χ0) is 15.9. The maximum Gasteiger partial charge on any atom is 0.323 e. The molecule has 1 aliphatic rings. The minimum absolute atomic E-state index is 0.121. The Hall–Kier alpha value is -2.15. The molecule has 0 radical (unpaired) electrons. The SMILES string of the molecule is CCOc1ccc(C(=O)N(CC(=O)O)C2CCOCC2)cn1. The lowest BCUT2D eigenvalue weighted by Crippen LogP contribution is -2.46. The van der Waals surface area contributed by atoms with Crippen LogP contribution in [0.2, 0.25) is 0 Å². The van der Waals surface area contributed by atoms with Crippen LogP contribution in [0.25, 0.3) is 0 Å². The molecule has 1 fully saturated rings. The zero-order valence-electron chi connectivity index (χ0n) is 12.5. The van der Waals surface area contributed by atoms with Crippen LogP contribution < -0.4 is 4.74 Å². The van der Waals surface area contributed by atoms with Crippen molar-refractivity contribution in [2.75, 3.05) is 26.4 Å². The molecule has 22 heavy (non-hydrogen) atoms. The van der Waals surface area contributed by atoms with Crippen LogP contribution in [0.3, 0.4) is 0 Å². The molecule has 1 amide bonds. The summed E-state index contributed by atoms with van der Waals surface area (Å²) in [6, 6.07) is 3.10. The standard InChI is InChI=1S/C15H20N2O5/c1-2-22-13-4-3-11(9-16-13)15(20)17(10-14(18)19)12-5-7-21-8-6-12/h3-4,9,12H,2,5-8,10H2,1H3,(H,18,19). The number of carboxylic acid groups (broad SMARTS) is 1. The summed E-state index contributed by atoms with van der Waals surface area (Å²) in [5, 5.41) is 9.06. The van der Waals surface area contributed by atoms with E-state index in [0.29, 0.717) is 44.1 Å². The fourth-order valence-electron chi connectivity index (χ4n) is 2.42. The molecule has 0 saturated carbocycles. The van der Waals surface area contributed by atoms with Gasteiger partial charge in [0.2, 0.25) is 5.88 Å². The molecule has 7 heteroatoms. The second kappa shape index (κ2) is 7.74. The summed E-state index contributed by atoms with van der Waals surface area (Å²) in [4.78, 5) is 29.1. The predicted molar refractivity (Wildman–Crippen MR) is 77.9 cm³/mol. The molecule has 0 spiro atoms. The van der Waals surface area contributed by atoms with E-state index in [1.165, 1.54) is 11.1 Å². The second-order valence-corrected chi connectivity index (χ2v) is 4.99. The molecule has 0 unspecified atom stereocenters. The Morgan fingerprint density at radius 3 is 2.68 bits per heavy atom. The van der Waals surface area contributed by atoms with Crippen LogP contribution in [0.15, 0.2) is 18.3 Å². The van der Waals surface area contributed by atoms with Gasteiger partial charge in [0.05, 0.1) is 12.2 Å². The molecular formula is C15H20N2O5. The summed E-state index contributed by atoms with van der Waals surface area (Å²) >= 11 is 0. The third-order valence-electron chi connectivity index (χ3n) is 3.47. The quantitative estimate of drug-likeness (QED) is 0.849. The van der Waals surface area contributed by atoms with Gasteiger partial charge in [-0.3, -0.25) is 9.59 Å². The number of rotatable bonds is 6.